The number of hydrogen-bond donors (Lipinski definition) is 1. The van der Waals surface area contributed by atoms with Crippen LogP contribution in [0.25, 0.3) is 0 Å². The smallest absolute Gasteiger partial charge is 0.155 e. The summed E-state index contributed by atoms with van der Waals surface area (Å²) in [7, 11) is 0. The Labute approximate surface area is 34.0 Å². The average Bonchev–Trinajstić information content (AvgIpc) is 1.86. The van der Waals surface area contributed by atoms with Crippen molar-refractivity contribution in [1.82, 2.24) is 14.9 Å². The monoisotopic (exact) mass is 85.0 g/mol. The molecule has 0 aliphatic carbocycles. The van der Waals surface area contributed by atoms with E-state index in [2.05, 4.69) is 10.1 Å². The van der Waals surface area contributed by atoms with E-state index >= 15 is 0 Å². The first-order chi connectivity index (χ1) is 2.89. The predicted octanol–water partition coefficient (Wildman–Crippen LogP) is -0.485. The number of rotatable bonds is 0. The minimum atomic E-state index is 0.639. The minimum absolute atomic E-state index is 0.639. The Balaban J connectivity index is 3.05. The molecule has 1 rings (SSSR count). The van der Waals surface area contributed by atoms with Crippen molar-refractivity contribution in [3.05, 3.63) is 12.7 Å². The molecule has 4 heteroatoms. The molecule has 1 N–H and O–H groups in total. The molecule has 1 heterocycles. The zero-order chi connectivity index (χ0) is 4.41. The molecule has 0 atom stereocenters. The Bertz CT molecular complexity index is 112. The van der Waals surface area contributed by atoms with Gasteiger partial charge < -0.3 is 5.21 Å². The van der Waals surface area contributed by atoms with Gasteiger partial charge in [0.25, 0.3) is 0 Å². The van der Waals surface area contributed by atoms with E-state index in [1.54, 1.807) is 0 Å². The van der Waals surface area contributed by atoms with E-state index < -0.39 is 0 Å². The van der Waals surface area contributed by atoms with Crippen LogP contribution in [0.2, 0.25) is 0 Å². The quantitative estimate of drug-likeness (QED) is 0.433. The van der Waals surface area contributed by atoms with Crippen molar-refractivity contribution in [2.24, 2.45) is 0 Å². The van der Waals surface area contributed by atoms with E-state index in [-0.39, 0.29) is 0 Å². The van der Waals surface area contributed by atoms with Crippen LogP contribution < -0.4 is 0 Å². The van der Waals surface area contributed by atoms with Crippen molar-refractivity contribution in [3.8, 4) is 0 Å². The first kappa shape index (κ1) is 3.14. The molecule has 0 saturated heterocycles. The van der Waals surface area contributed by atoms with Gasteiger partial charge in [0.1, 0.15) is 6.33 Å². The maximum absolute atomic E-state index is 8.22. The summed E-state index contributed by atoms with van der Waals surface area (Å²) < 4.78 is 0. The molecule has 0 spiro atoms. The number of aromatic nitrogens is 3. The minimum Gasteiger partial charge on any atom is -0.410 e. The molecule has 0 fully saturated rings. The first-order valence-electron chi connectivity index (χ1n) is 1.43. The van der Waals surface area contributed by atoms with Crippen molar-refractivity contribution in [1.29, 1.82) is 0 Å². The molecular weight excluding hydrogens is 82.0 g/mol. The van der Waals surface area contributed by atoms with E-state index in [0.29, 0.717) is 4.85 Å². The fourth-order valence-corrected chi connectivity index (χ4v) is 0.202. The normalized spacial score (nSPS) is 8.67. The fraction of sp³-hybridized carbons (Fsp3) is 0. The van der Waals surface area contributed by atoms with Gasteiger partial charge in [0.05, 0.1) is 0 Å². The van der Waals surface area contributed by atoms with Crippen LogP contribution in [0.5, 0.6) is 0 Å². The van der Waals surface area contributed by atoms with Crippen molar-refractivity contribution >= 4 is 0 Å². The number of nitrogens with zero attached hydrogens (tertiary/aromatic N) is 3. The molecule has 0 saturated carbocycles. The summed E-state index contributed by atoms with van der Waals surface area (Å²) in [5.74, 6) is 0. The van der Waals surface area contributed by atoms with Gasteiger partial charge >= 0.3 is 0 Å². The SMILES string of the molecule is On1cncn1. The molecule has 32 valence electrons. The lowest BCUT2D eigenvalue weighted by Crippen LogP contribution is -1.86. The third kappa shape index (κ3) is 0.314. The molecule has 0 radical (unpaired) electrons. The van der Waals surface area contributed by atoms with Gasteiger partial charge in [-0.15, -0.1) is 5.10 Å². The van der Waals surface area contributed by atoms with Gasteiger partial charge in [0, 0.05) is 0 Å². The second-order valence-corrected chi connectivity index (χ2v) is 0.816. The van der Waals surface area contributed by atoms with Crippen LogP contribution in [0.4, 0.5) is 0 Å². The highest BCUT2D eigenvalue weighted by atomic mass is 16.5. The van der Waals surface area contributed by atoms with Gasteiger partial charge in [-0.1, -0.05) is 4.85 Å². The first-order valence-corrected chi connectivity index (χ1v) is 1.43. The second kappa shape index (κ2) is 0.965. The standard InChI is InChI=1S/C2H3N3O/c6-5-2-3-1-4-5/h1-2,6H. The Morgan fingerprint density at radius 2 is 2.50 bits per heavy atom. The van der Waals surface area contributed by atoms with Gasteiger partial charge in [-0.3, -0.25) is 0 Å². The zero-order valence-electron chi connectivity index (χ0n) is 2.94. The maximum atomic E-state index is 8.22. The molecule has 0 aliphatic rings. The average molecular weight is 85.1 g/mol. The molecule has 0 unspecified atom stereocenters. The summed E-state index contributed by atoms with van der Waals surface area (Å²) in [6, 6.07) is 0. The Morgan fingerprint density at radius 3 is 2.67 bits per heavy atom. The van der Waals surface area contributed by atoms with Crippen LogP contribution in [0, 0.1) is 0 Å². The predicted molar refractivity (Wildman–Crippen MR) is 17.2 cm³/mol. The highest BCUT2D eigenvalue weighted by molar-refractivity contribution is 4.46. The van der Waals surface area contributed by atoms with Crippen molar-refractivity contribution in [2.75, 3.05) is 0 Å². The van der Waals surface area contributed by atoms with Crippen LogP contribution in [0.1, 0.15) is 0 Å². The van der Waals surface area contributed by atoms with Crippen LogP contribution in [0.3, 0.4) is 0 Å². The summed E-state index contributed by atoms with van der Waals surface area (Å²) in [5.41, 5.74) is 0. The van der Waals surface area contributed by atoms with Gasteiger partial charge in [-0.25, -0.2) is 4.98 Å². The Kier molecular flexibility index (Phi) is 0.506. The summed E-state index contributed by atoms with van der Waals surface area (Å²) in [4.78, 5) is 4.06. The number of hydrogen-bond acceptors (Lipinski definition) is 3. The largest absolute Gasteiger partial charge is 0.410 e. The van der Waals surface area contributed by atoms with Crippen LogP contribution in [-0.4, -0.2) is 20.1 Å². The lowest BCUT2D eigenvalue weighted by molar-refractivity contribution is 0.148. The van der Waals surface area contributed by atoms with Gasteiger partial charge in [-0.05, 0) is 0 Å². The third-order valence-corrected chi connectivity index (χ3v) is 0.407. The zero-order valence-corrected chi connectivity index (χ0v) is 2.94. The highest BCUT2D eigenvalue weighted by Crippen LogP contribution is 1.63. The van der Waals surface area contributed by atoms with Crippen molar-refractivity contribution < 1.29 is 5.21 Å². The molecule has 1 aromatic rings. The fourth-order valence-electron chi connectivity index (χ4n) is 0.202. The van der Waals surface area contributed by atoms with E-state index in [0.717, 1.165) is 0 Å². The lowest BCUT2D eigenvalue weighted by atomic mass is 11.3. The topological polar surface area (TPSA) is 50.9 Å². The summed E-state index contributed by atoms with van der Waals surface area (Å²) >= 11 is 0. The summed E-state index contributed by atoms with van der Waals surface area (Å²) in [6.07, 6.45) is 2.44. The Hall–Kier alpha value is -1.06. The molecule has 0 aromatic carbocycles. The maximum Gasteiger partial charge on any atom is 0.155 e. The third-order valence-electron chi connectivity index (χ3n) is 0.407. The van der Waals surface area contributed by atoms with Gasteiger partial charge in [-0.2, -0.15) is 0 Å². The van der Waals surface area contributed by atoms with Crippen molar-refractivity contribution in [3.63, 3.8) is 0 Å². The van der Waals surface area contributed by atoms with E-state index in [1.165, 1.54) is 12.7 Å². The molecule has 0 amide bonds. The lowest BCUT2D eigenvalue weighted by Gasteiger charge is -1.74. The second-order valence-electron chi connectivity index (χ2n) is 0.816. The van der Waals surface area contributed by atoms with Crippen LogP contribution in [-0.2, 0) is 0 Å². The summed E-state index contributed by atoms with van der Waals surface area (Å²) in [6.45, 7) is 0. The van der Waals surface area contributed by atoms with Crippen LogP contribution in [0.15, 0.2) is 12.7 Å². The Morgan fingerprint density at radius 1 is 1.67 bits per heavy atom. The molecule has 6 heavy (non-hydrogen) atoms. The molecule has 0 aliphatic heterocycles. The van der Waals surface area contributed by atoms with Gasteiger partial charge in [0.2, 0.25) is 0 Å². The highest BCUT2D eigenvalue weighted by Gasteiger charge is 1.73. The molecule has 4 nitrogen and oxygen atoms in total. The molecule has 0 bridgehead atoms. The van der Waals surface area contributed by atoms with E-state index in [1.807, 2.05) is 0 Å². The van der Waals surface area contributed by atoms with E-state index in [4.69, 9.17) is 5.21 Å². The molecule has 1 aromatic heterocycles. The van der Waals surface area contributed by atoms with E-state index in [9.17, 15) is 0 Å². The van der Waals surface area contributed by atoms with Crippen LogP contribution >= 0.6 is 0 Å². The molecular formula is C2H3N3O. The van der Waals surface area contributed by atoms with Gasteiger partial charge in [0.15, 0.2) is 6.33 Å². The summed E-state index contributed by atoms with van der Waals surface area (Å²) in [5, 5.41) is 11.5. The van der Waals surface area contributed by atoms with Crippen molar-refractivity contribution in [2.45, 2.75) is 0 Å².